The van der Waals surface area contributed by atoms with E-state index in [9.17, 15) is 9.59 Å². The summed E-state index contributed by atoms with van der Waals surface area (Å²) in [5, 5.41) is 3.80. The number of aromatic amines is 1. The van der Waals surface area contributed by atoms with Crippen LogP contribution in [-0.4, -0.2) is 43.0 Å². The first kappa shape index (κ1) is 17.8. The second kappa shape index (κ2) is 7.81. The van der Waals surface area contributed by atoms with Crippen molar-refractivity contribution in [1.82, 2.24) is 15.2 Å². The molecular formula is C16H19Cl2N3O2. The molecule has 0 aliphatic carbocycles. The van der Waals surface area contributed by atoms with Gasteiger partial charge in [0.2, 0.25) is 0 Å². The largest absolute Gasteiger partial charge is 0.351 e. The zero-order chi connectivity index (χ0) is 17.0. The van der Waals surface area contributed by atoms with Gasteiger partial charge in [-0.2, -0.15) is 0 Å². The van der Waals surface area contributed by atoms with Gasteiger partial charge in [0.25, 0.3) is 5.91 Å². The lowest BCUT2D eigenvalue weighted by molar-refractivity contribution is 0.0948. The first-order valence-corrected chi connectivity index (χ1v) is 8.09. The maximum Gasteiger partial charge on any atom is 0.267 e. The Morgan fingerprint density at radius 3 is 2.65 bits per heavy atom. The molecule has 7 heteroatoms. The lowest BCUT2D eigenvalue weighted by atomic mass is 10.2. The van der Waals surface area contributed by atoms with Crippen LogP contribution in [0, 0.1) is 0 Å². The summed E-state index contributed by atoms with van der Waals surface area (Å²) in [6, 6.07) is 4.35. The number of amides is 1. The van der Waals surface area contributed by atoms with E-state index in [-0.39, 0.29) is 22.1 Å². The zero-order valence-electron chi connectivity index (χ0n) is 13.1. The topological polar surface area (TPSA) is 65.2 Å². The summed E-state index contributed by atoms with van der Waals surface area (Å²) in [6.45, 7) is 1.53. The van der Waals surface area contributed by atoms with Crippen molar-refractivity contribution in [3.05, 3.63) is 44.2 Å². The van der Waals surface area contributed by atoms with E-state index in [0.717, 1.165) is 19.4 Å². The number of carbonyl (C=O) groups excluding carboxylic acids is 1. The molecule has 0 spiro atoms. The van der Waals surface area contributed by atoms with Gasteiger partial charge < -0.3 is 15.2 Å². The van der Waals surface area contributed by atoms with Gasteiger partial charge in [0, 0.05) is 17.6 Å². The summed E-state index contributed by atoms with van der Waals surface area (Å²) in [6.07, 6.45) is 1.87. The smallest absolute Gasteiger partial charge is 0.267 e. The Kier molecular flexibility index (Phi) is 6.04. The van der Waals surface area contributed by atoms with E-state index in [2.05, 4.69) is 15.2 Å². The van der Waals surface area contributed by atoms with Crippen LogP contribution in [0.1, 0.15) is 23.3 Å². The number of fused-ring (bicyclic) bond motifs is 1. The van der Waals surface area contributed by atoms with Crippen LogP contribution in [-0.2, 0) is 0 Å². The summed E-state index contributed by atoms with van der Waals surface area (Å²) in [5.41, 5.74) is 0.347. The zero-order valence-corrected chi connectivity index (χ0v) is 14.6. The highest BCUT2D eigenvalue weighted by atomic mass is 35.5. The van der Waals surface area contributed by atoms with Crippen LogP contribution in [0.2, 0.25) is 10.0 Å². The minimum Gasteiger partial charge on any atom is -0.351 e. The quantitative estimate of drug-likeness (QED) is 0.783. The molecule has 0 fully saturated rings. The molecule has 1 aromatic carbocycles. The van der Waals surface area contributed by atoms with Crippen LogP contribution >= 0.6 is 23.2 Å². The van der Waals surface area contributed by atoms with Crippen molar-refractivity contribution < 1.29 is 4.79 Å². The van der Waals surface area contributed by atoms with Crippen molar-refractivity contribution in [2.75, 3.05) is 27.2 Å². The van der Waals surface area contributed by atoms with E-state index in [1.54, 1.807) is 6.07 Å². The van der Waals surface area contributed by atoms with E-state index in [4.69, 9.17) is 23.2 Å². The average molecular weight is 356 g/mol. The molecule has 0 saturated carbocycles. The number of aromatic nitrogens is 1. The Hall–Kier alpha value is -1.56. The van der Waals surface area contributed by atoms with Crippen LogP contribution in [0.3, 0.4) is 0 Å². The van der Waals surface area contributed by atoms with Crippen molar-refractivity contribution in [3.63, 3.8) is 0 Å². The second-order valence-electron chi connectivity index (χ2n) is 5.62. The van der Waals surface area contributed by atoms with Gasteiger partial charge in [-0.25, -0.2) is 0 Å². The molecule has 2 N–H and O–H groups in total. The molecule has 2 rings (SSSR count). The number of hydrogen-bond donors (Lipinski definition) is 2. The lowest BCUT2D eigenvalue weighted by Crippen LogP contribution is -2.27. The summed E-state index contributed by atoms with van der Waals surface area (Å²) in [5.74, 6) is -0.315. The fraction of sp³-hybridized carbons (Fsp3) is 0.375. The molecule has 0 saturated heterocycles. The first-order valence-electron chi connectivity index (χ1n) is 7.33. The lowest BCUT2D eigenvalue weighted by Gasteiger charge is -2.10. The van der Waals surface area contributed by atoms with Crippen LogP contribution in [0.5, 0.6) is 0 Å². The highest BCUT2D eigenvalue weighted by Gasteiger charge is 2.12. The second-order valence-corrected chi connectivity index (χ2v) is 6.47. The van der Waals surface area contributed by atoms with Gasteiger partial charge in [-0.1, -0.05) is 23.2 Å². The van der Waals surface area contributed by atoms with Crippen molar-refractivity contribution in [2.24, 2.45) is 0 Å². The molecule has 0 radical (unpaired) electrons. The highest BCUT2D eigenvalue weighted by molar-refractivity contribution is 6.38. The number of carbonyl (C=O) groups is 1. The van der Waals surface area contributed by atoms with Gasteiger partial charge in [0.1, 0.15) is 5.69 Å². The van der Waals surface area contributed by atoms with Crippen molar-refractivity contribution in [1.29, 1.82) is 0 Å². The van der Waals surface area contributed by atoms with Gasteiger partial charge in [-0.3, -0.25) is 9.59 Å². The maximum atomic E-state index is 12.2. The van der Waals surface area contributed by atoms with E-state index in [0.29, 0.717) is 22.5 Å². The monoisotopic (exact) mass is 355 g/mol. The summed E-state index contributed by atoms with van der Waals surface area (Å²) in [7, 11) is 4.02. The molecule has 1 aromatic heterocycles. The minimum absolute atomic E-state index is 0.202. The number of benzene rings is 1. The first-order chi connectivity index (χ1) is 10.9. The van der Waals surface area contributed by atoms with Crippen molar-refractivity contribution >= 4 is 40.0 Å². The van der Waals surface area contributed by atoms with E-state index >= 15 is 0 Å². The van der Waals surface area contributed by atoms with E-state index in [1.165, 1.54) is 12.1 Å². The molecule has 23 heavy (non-hydrogen) atoms. The summed E-state index contributed by atoms with van der Waals surface area (Å²) < 4.78 is 0. The molecule has 124 valence electrons. The number of pyridine rings is 1. The van der Waals surface area contributed by atoms with Gasteiger partial charge in [0.15, 0.2) is 5.43 Å². The number of hydrogen-bond acceptors (Lipinski definition) is 3. The average Bonchev–Trinajstić information content (AvgIpc) is 2.44. The molecule has 0 aliphatic rings. The highest BCUT2D eigenvalue weighted by Crippen LogP contribution is 2.24. The van der Waals surface area contributed by atoms with Gasteiger partial charge >= 0.3 is 0 Å². The number of nitrogens with one attached hydrogen (secondary N) is 2. The molecule has 2 aromatic rings. The molecule has 0 atom stereocenters. The predicted octanol–water partition coefficient (Wildman–Crippen LogP) is 2.91. The standard InChI is InChI=1S/C16H19Cl2N3O2/c1-21(2)6-4-3-5-19-16(23)13-9-14(22)15-11(18)7-10(17)8-12(15)20-13/h7-9H,3-6H2,1-2H3,(H,19,23)(H,20,22). The van der Waals surface area contributed by atoms with Crippen LogP contribution in [0.4, 0.5) is 0 Å². The van der Waals surface area contributed by atoms with E-state index < -0.39 is 0 Å². The molecule has 1 heterocycles. The predicted molar refractivity (Wildman–Crippen MR) is 94.7 cm³/mol. The van der Waals surface area contributed by atoms with Crippen LogP contribution in [0.25, 0.3) is 10.9 Å². The number of halogens is 2. The maximum absolute atomic E-state index is 12.2. The number of unbranched alkanes of at least 4 members (excludes halogenated alkanes) is 1. The Bertz CT molecular complexity index is 772. The Morgan fingerprint density at radius 1 is 1.22 bits per heavy atom. The van der Waals surface area contributed by atoms with Crippen molar-refractivity contribution in [2.45, 2.75) is 12.8 Å². The van der Waals surface area contributed by atoms with Gasteiger partial charge in [0.05, 0.1) is 15.9 Å². The fourth-order valence-electron chi connectivity index (χ4n) is 2.28. The Morgan fingerprint density at radius 2 is 1.96 bits per heavy atom. The van der Waals surface area contributed by atoms with Gasteiger partial charge in [-0.15, -0.1) is 0 Å². The van der Waals surface area contributed by atoms with Crippen LogP contribution in [0.15, 0.2) is 23.0 Å². The number of nitrogens with zero attached hydrogens (tertiary/aromatic N) is 1. The Labute approximate surface area is 144 Å². The minimum atomic E-state index is -0.315. The normalized spacial score (nSPS) is 11.2. The van der Waals surface area contributed by atoms with Crippen LogP contribution < -0.4 is 10.7 Å². The third-order valence-electron chi connectivity index (χ3n) is 3.41. The number of rotatable bonds is 6. The van der Waals surface area contributed by atoms with Crippen molar-refractivity contribution in [3.8, 4) is 0 Å². The molecule has 0 bridgehead atoms. The summed E-state index contributed by atoms with van der Waals surface area (Å²) >= 11 is 12.0. The molecule has 0 aliphatic heterocycles. The molecule has 1 amide bonds. The SMILES string of the molecule is CN(C)CCCCNC(=O)c1cc(=O)c2c(Cl)cc(Cl)cc2[nH]1. The number of H-pyrrole nitrogens is 1. The third kappa shape index (κ3) is 4.70. The fourth-order valence-corrected chi connectivity index (χ4v) is 2.87. The molecule has 0 unspecified atom stereocenters. The molecular weight excluding hydrogens is 337 g/mol. The van der Waals surface area contributed by atoms with E-state index in [1.807, 2.05) is 14.1 Å². The molecule has 5 nitrogen and oxygen atoms in total. The third-order valence-corrected chi connectivity index (χ3v) is 3.92. The van der Waals surface area contributed by atoms with Gasteiger partial charge in [-0.05, 0) is 45.6 Å². The summed E-state index contributed by atoms with van der Waals surface area (Å²) in [4.78, 5) is 29.3. The Balaban J connectivity index is 2.11.